The molecule has 1 heterocycles. The number of rotatable bonds is 9. The number of ether oxygens (including phenoxy) is 2. The monoisotopic (exact) mass is 396 g/mol. The Hall–Kier alpha value is -2.53. The van der Waals surface area contributed by atoms with Crippen LogP contribution in [0.15, 0.2) is 48.5 Å². The molecule has 2 aromatic rings. The van der Waals surface area contributed by atoms with E-state index >= 15 is 0 Å². The molecule has 5 heteroatoms. The maximum absolute atomic E-state index is 12.4. The Labute approximate surface area is 174 Å². The second-order valence-corrected chi connectivity index (χ2v) is 7.72. The van der Waals surface area contributed by atoms with Crippen LogP contribution in [-0.4, -0.2) is 38.1 Å². The molecule has 1 amide bonds. The molecule has 0 unspecified atom stereocenters. The van der Waals surface area contributed by atoms with Crippen LogP contribution in [0.4, 0.5) is 0 Å². The number of benzene rings is 2. The van der Waals surface area contributed by atoms with Crippen LogP contribution in [0.5, 0.6) is 11.5 Å². The molecule has 1 fully saturated rings. The lowest BCUT2D eigenvalue weighted by Gasteiger charge is -2.32. The number of nitrogens with one attached hydrogen (secondary N) is 1. The van der Waals surface area contributed by atoms with Gasteiger partial charge in [0, 0.05) is 37.7 Å². The van der Waals surface area contributed by atoms with Crippen molar-refractivity contribution in [3.63, 3.8) is 0 Å². The molecule has 5 nitrogen and oxygen atoms in total. The third kappa shape index (κ3) is 6.50. The topological polar surface area (TPSA) is 50.8 Å². The summed E-state index contributed by atoms with van der Waals surface area (Å²) in [7, 11) is 3.26. The average molecular weight is 397 g/mol. The van der Waals surface area contributed by atoms with Gasteiger partial charge in [-0.15, -0.1) is 0 Å². The molecule has 1 saturated heterocycles. The van der Waals surface area contributed by atoms with Crippen LogP contribution in [0.1, 0.15) is 36.8 Å². The van der Waals surface area contributed by atoms with Crippen LogP contribution < -0.4 is 14.8 Å². The lowest BCUT2D eigenvalue weighted by Crippen LogP contribution is -2.35. The zero-order valence-electron chi connectivity index (χ0n) is 17.5. The largest absolute Gasteiger partial charge is 0.497 e. The number of likely N-dealkylation sites (tertiary alicyclic amines) is 1. The predicted molar refractivity (Wildman–Crippen MR) is 115 cm³/mol. The summed E-state index contributed by atoms with van der Waals surface area (Å²) in [5.74, 6) is 2.17. The van der Waals surface area contributed by atoms with Crippen molar-refractivity contribution in [2.24, 2.45) is 5.92 Å². The number of methoxy groups -OCH3 is 2. The molecule has 0 saturated carbocycles. The molecule has 1 atom stereocenters. The van der Waals surface area contributed by atoms with E-state index in [1.165, 1.54) is 18.4 Å². The minimum atomic E-state index is 0.100. The van der Waals surface area contributed by atoms with Gasteiger partial charge in [0.1, 0.15) is 11.5 Å². The minimum Gasteiger partial charge on any atom is -0.497 e. The lowest BCUT2D eigenvalue weighted by molar-refractivity contribution is -0.121. The van der Waals surface area contributed by atoms with Gasteiger partial charge < -0.3 is 14.8 Å². The van der Waals surface area contributed by atoms with Crippen molar-refractivity contribution < 1.29 is 14.3 Å². The van der Waals surface area contributed by atoms with Crippen molar-refractivity contribution in [3.05, 3.63) is 59.7 Å². The summed E-state index contributed by atoms with van der Waals surface area (Å²) in [4.78, 5) is 14.9. The van der Waals surface area contributed by atoms with Gasteiger partial charge in [-0.25, -0.2) is 0 Å². The number of hydrogen-bond acceptors (Lipinski definition) is 4. The first-order chi connectivity index (χ1) is 14.2. The van der Waals surface area contributed by atoms with Crippen molar-refractivity contribution in [3.8, 4) is 11.5 Å². The molecule has 0 aromatic heterocycles. The van der Waals surface area contributed by atoms with Gasteiger partial charge in [-0.2, -0.15) is 0 Å². The second kappa shape index (κ2) is 10.9. The molecule has 2 aromatic carbocycles. The van der Waals surface area contributed by atoms with Crippen LogP contribution in [0.25, 0.3) is 0 Å². The summed E-state index contributed by atoms with van der Waals surface area (Å²) in [6, 6.07) is 16.3. The van der Waals surface area contributed by atoms with Crippen molar-refractivity contribution in [2.75, 3.05) is 27.3 Å². The van der Waals surface area contributed by atoms with Crippen LogP contribution in [-0.2, 0) is 17.9 Å². The first-order valence-corrected chi connectivity index (χ1v) is 10.4. The molecule has 0 radical (unpaired) electrons. The Balaban J connectivity index is 1.42. The van der Waals surface area contributed by atoms with Gasteiger partial charge in [0.2, 0.25) is 5.91 Å². The van der Waals surface area contributed by atoms with E-state index in [4.69, 9.17) is 9.47 Å². The van der Waals surface area contributed by atoms with Crippen molar-refractivity contribution in [1.82, 2.24) is 10.2 Å². The number of carbonyl (C=O) groups excluding carboxylic acids is 1. The van der Waals surface area contributed by atoms with E-state index in [1.54, 1.807) is 14.2 Å². The third-order valence-electron chi connectivity index (χ3n) is 5.60. The lowest BCUT2D eigenvalue weighted by atomic mass is 9.93. The average Bonchev–Trinajstić information content (AvgIpc) is 2.77. The highest BCUT2D eigenvalue weighted by Crippen LogP contribution is 2.25. The summed E-state index contributed by atoms with van der Waals surface area (Å²) in [5, 5.41) is 3.03. The first kappa shape index (κ1) is 21.2. The van der Waals surface area contributed by atoms with E-state index in [-0.39, 0.29) is 5.91 Å². The van der Waals surface area contributed by atoms with E-state index in [2.05, 4.69) is 40.5 Å². The van der Waals surface area contributed by atoms with Gasteiger partial charge in [-0.3, -0.25) is 9.69 Å². The van der Waals surface area contributed by atoms with E-state index < -0.39 is 0 Å². The van der Waals surface area contributed by atoms with Crippen molar-refractivity contribution in [1.29, 1.82) is 0 Å². The molecule has 156 valence electrons. The summed E-state index contributed by atoms with van der Waals surface area (Å²) < 4.78 is 10.6. The van der Waals surface area contributed by atoms with E-state index in [0.29, 0.717) is 18.9 Å². The van der Waals surface area contributed by atoms with Gasteiger partial charge in [0.25, 0.3) is 0 Å². The molecule has 0 bridgehead atoms. The fraction of sp³-hybridized carbons (Fsp3) is 0.458. The van der Waals surface area contributed by atoms with Gasteiger partial charge in [-0.1, -0.05) is 30.3 Å². The minimum absolute atomic E-state index is 0.100. The van der Waals surface area contributed by atoms with Crippen LogP contribution in [0.2, 0.25) is 0 Å². The Morgan fingerprint density at radius 1 is 1.14 bits per heavy atom. The highest BCUT2D eigenvalue weighted by atomic mass is 16.5. The summed E-state index contributed by atoms with van der Waals surface area (Å²) >= 11 is 0. The number of nitrogens with zero attached hydrogens (tertiary/aromatic N) is 1. The molecule has 1 aliphatic heterocycles. The fourth-order valence-electron chi connectivity index (χ4n) is 3.99. The smallest absolute Gasteiger partial charge is 0.220 e. The Morgan fingerprint density at radius 3 is 2.72 bits per heavy atom. The standard InChI is InChI=1S/C24H32N2O3/c1-28-22-12-11-21(23(15-22)29-2)16-25-24(27)13-10-20-9-6-14-26(18-20)17-19-7-4-3-5-8-19/h3-5,7-8,11-12,15,20H,6,9-10,13-14,16-18H2,1-2H3,(H,25,27)/t20-/m0/s1. The molecule has 0 aliphatic carbocycles. The number of carbonyl (C=O) groups is 1. The van der Waals surface area contributed by atoms with Crippen LogP contribution >= 0.6 is 0 Å². The normalized spacial score (nSPS) is 17.0. The maximum atomic E-state index is 12.4. The van der Waals surface area contributed by atoms with Crippen LogP contribution in [0.3, 0.4) is 0 Å². The number of piperidine rings is 1. The highest BCUT2D eigenvalue weighted by Gasteiger charge is 2.20. The van der Waals surface area contributed by atoms with E-state index in [1.807, 2.05) is 18.2 Å². The van der Waals surface area contributed by atoms with Gasteiger partial charge in [0.15, 0.2) is 0 Å². The van der Waals surface area contributed by atoms with Gasteiger partial charge in [-0.05, 0) is 49.4 Å². The molecule has 3 rings (SSSR count). The molecule has 0 spiro atoms. The van der Waals surface area contributed by atoms with Gasteiger partial charge in [0.05, 0.1) is 14.2 Å². The second-order valence-electron chi connectivity index (χ2n) is 7.72. The fourth-order valence-corrected chi connectivity index (χ4v) is 3.99. The molecule has 1 N–H and O–H groups in total. The number of hydrogen-bond donors (Lipinski definition) is 1. The molecule has 29 heavy (non-hydrogen) atoms. The van der Waals surface area contributed by atoms with E-state index in [9.17, 15) is 4.79 Å². The molecular weight excluding hydrogens is 364 g/mol. The van der Waals surface area contributed by atoms with E-state index in [0.717, 1.165) is 43.1 Å². The zero-order valence-corrected chi connectivity index (χ0v) is 17.5. The summed E-state index contributed by atoms with van der Waals surface area (Å²) in [5.41, 5.74) is 2.31. The Morgan fingerprint density at radius 2 is 1.97 bits per heavy atom. The Bertz CT molecular complexity index is 779. The van der Waals surface area contributed by atoms with Crippen molar-refractivity contribution in [2.45, 2.75) is 38.8 Å². The quantitative estimate of drug-likeness (QED) is 0.696. The maximum Gasteiger partial charge on any atom is 0.220 e. The predicted octanol–water partition coefficient (Wildman–Crippen LogP) is 4.01. The highest BCUT2D eigenvalue weighted by molar-refractivity contribution is 5.75. The zero-order chi connectivity index (χ0) is 20.5. The van der Waals surface area contributed by atoms with Gasteiger partial charge >= 0.3 is 0 Å². The van der Waals surface area contributed by atoms with Crippen molar-refractivity contribution >= 4 is 5.91 Å². The first-order valence-electron chi connectivity index (χ1n) is 10.4. The SMILES string of the molecule is COc1ccc(CNC(=O)CC[C@@H]2CCCN(Cc3ccccc3)C2)c(OC)c1. The number of amides is 1. The Kier molecular flexibility index (Phi) is 7.94. The van der Waals surface area contributed by atoms with Crippen LogP contribution in [0, 0.1) is 5.92 Å². The summed E-state index contributed by atoms with van der Waals surface area (Å²) in [6.07, 6.45) is 3.94. The third-order valence-corrected chi connectivity index (χ3v) is 5.60. The molecular formula is C24H32N2O3. The summed E-state index contributed by atoms with van der Waals surface area (Å²) in [6.45, 7) is 3.70. The molecule has 1 aliphatic rings.